The van der Waals surface area contributed by atoms with Crippen LogP contribution in [0.2, 0.25) is 0 Å². The van der Waals surface area contributed by atoms with Crippen molar-refractivity contribution in [3.63, 3.8) is 0 Å². The molecule has 1 unspecified atom stereocenters. The van der Waals surface area contributed by atoms with E-state index < -0.39 is 0 Å². The number of rotatable bonds is 2. The zero-order valence-electron chi connectivity index (χ0n) is 11.1. The fourth-order valence-electron chi connectivity index (χ4n) is 3.26. The van der Waals surface area contributed by atoms with Crippen LogP contribution < -0.4 is 0 Å². The number of ether oxygens (including phenoxy) is 1. The van der Waals surface area contributed by atoms with Crippen molar-refractivity contribution in [1.29, 1.82) is 0 Å². The van der Waals surface area contributed by atoms with Gasteiger partial charge < -0.3 is 4.74 Å². The quantitative estimate of drug-likeness (QED) is 0.758. The normalized spacial score (nSPS) is 26.1. The first-order valence-corrected chi connectivity index (χ1v) is 8.10. The second kappa shape index (κ2) is 5.58. The summed E-state index contributed by atoms with van der Waals surface area (Å²) >= 11 is 1.89. The Kier molecular flexibility index (Phi) is 3.83. The van der Waals surface area contributed by atoms with Crippen molar-refractivity contribution in [2.45, 2.75) is 60.7 Å². The van der Waals surface area contributed by atoms with E-state index in [0.717, 1.165) is 19.3 Å². The van der Waals surface area contributed by atoms with Gasteiger partial charge in [0, 0.05) is 16.6 Å². The number of hydrogen-bond acceptors (Lipinski definition) is 3. The average molecular weight is 276 g/mol. The van der Waals surface area contributed by atoms with Crippen molar-refractivity contribution in [2.24, 2.45) is 0 Å². The fourth-order valence-corrected chi connectivity index (χ4v) is 4.64. The first kappa shape index (κ1) is 13.0. The average Bonchev–Trinajstić information content (AvgIpc) is 2.44. The van der Waals surface area contributed by atoms with Crippen molar-refractivity contribution >= 4 is 17.7 Å². The van der Waals surface area contributed by atoms with E-state index in [1.807, 2.05) is 17.8 Å². The summed E-state index contributed by atoms with van der Waals surface area (Å²) in [5.74, 6) is 0.00631. The molecule has 2 aliphatic rings. The minimum absolute atomic E-state index is 0.00631. The van der Waals surface area contributed by atoms with Crippen molar-refractivity contribution in [2.75, 3.05) is 0 Å². The Bertz CT molecular complexity index is 437. The summed E-state index contributed by atoms with van der Waals surface area (Å²) < 4.78 is 5.84. The van der Waals surface area contributed by atoms with Crippen LogP contribution >= 0.6 is 11.8 Å². The van der Waals surface area contributed by atoms with Gasteiger partial charge in [0.15, 0.2) is 0 Å². The highest BCUT2D eigenvalue weighted by Crippen LogP contribution is 2.46. The molecule has 1 aliphatic heterocycles. The standard InChI is InChI=1S/C16H20O2S/c17-15-10-9-14(19-13-7-3-1-4-8-13)16(18-15)11-5-2-6-12-16/h1,3-4,7-8,14H,2,5-6,9-12H2. The van der Waals surface area contributed by atoms with E-state index in [1.54, 1.807) is 0 Å². The van der Waals surface area contributed by atoms with Gasteiger partial charge in [-0.2, -0.15) is 0 Å². The molecule has 1 aromatic carbocycles. The lowest BCUT2D eigenvalue weighted by Gasteiger charge is -2.45. The Labute approximate surface area is 118 Å². The van der Waals surface area contributed by atoms with Gasteiger partial charge in [-0.25, -0.2) is 0 Å². The summed E-state index contributed by atoms with van der Waals surface area (Å²) in [6.45, 7) is 0. The molecule has 1 saturated carbocycles. The molecule has 0 N–H and O–H groups in total. The monoisotopic (exact) mass is 276 g/mol. The third-order valence-electron chi connectivity index (χ3n) is 4.24. The second-order valence-corrected chi connectivity index (χ2v) is 6.83. The van der Waals surface area contributed by atoms with Crippen LogP contribution in [0.3, 0.4) is 0 Å². The molecule has 2 fully saturated rings. The Hall–Kier alpha value is -0.960. The molecular weight excluding hydrogens is 256 g/mol. The maximum Gasteiger partial charge on any atom is 0.306 e. The first-order chi connectivity index (χ1) is 9.28. The van der Waals surface area contributed by atoms with Crippen LogP contribution in [0.5, 0.6) is 0 Å². The lowest BCUT2D eigenvalue weighted by Crippen LogP contribution is -2.49. The Balaban J connectivity index is 1.79. The molecule has 102 valence electrons. The van der Waals surface area contributed by atoms with Crippen LogP contribution in [-0.4, -0.2) is 16.8 Å². The van der Waals surface area contributed by atoms with E-state index >= 15 is 0 Å². The third-order valence-corrected chi connectivity index (χ3v) is 5.73. The third kappa shape index (κ3) is 2.81. The molecule has 3 heteroatoms. The molecule has 0 bridgehead atoms. The summed E-state index contributed by atoms with van der Waals surface area (Å²) in [5, 5.41) is 0.424. The molecule has 1 spiro atoms. The van der Waals surface area contributed by atoms with Crippen LogP contribution in [0.15, 0.2) is 35.2 Å². The molecule has 1 aliphatic carbocycles. The number of benzene rings is 1. The minimum Gasteiger partial charge on any atom is -0.458 e. The highest BCUT2D eigenvalue weighted by molar-refractivity contribution is 8.00. The van der Waals surface area contributed by atoms with Gasteiger partial charge in [0.25, 0.3) is 0 Å². The van der Waals surface area contributed by atoms with Crippen molar-refractivity contribution in [3.05, 3.63) is 30.3 Å². The van der Waals surface area contributed by atoms with E-state index in [2.05, 4.69) is 24.3 Å². The largest absolute Gasteiger partial charge is 0.458 e. The van der Waals surface area contributed by atoms with Crippen molar-refractivity contribution < 1.29 is 9.53 Å². The lowest BCUT2D eigenvalue weighted by molar-refractivity contribution is -0.170. The smallest absolute Gasteiger partial charge is 0.306 e. The molecular formula is C16H20O2S. The number of esters is 1. The first-order valence-electron chi connectivity index (χ1n) is 7.22. The second-order valence-electron chi connectivity index (χ2n) is 5.56. The molecule has 1 atom stereocenters. The molecule has 2 nitrogen and oxygen atoms in total. The summed E-state index contributed by atoms with van der Waals surface area (Å²) in [5.41, 5.74) is -0.186. The number of carbonyl (C=O) groups is 1. The maximum atomic E-state index is 11.7. The summed E-state index contributed by atoms with van der Waals surface area (Å²) in [4.78, 5) is 13.0. The van der Waals surface area contributed by atoms with E-state index in [0.29, 0.717) is 11.7 Å². The Morgan fingerprint density at radius 2 is 1.84 bits per heavy atom. The van der Waals surface area contributed by atoms with Crippen LogP contribution in [0.1, 0.15) is 44.9 Å². The Morgan fingerprint density at radius 1 is 1.11 bits per heavy atom. The van der Waals surface area contributed by atoms with Gasteiger partial charge in [-0.3, -0.25) is 4.79 Å². The van der Waals surface area contributed by atoms with Crippen molar-refractivity contribution in [1.82, 2.24) is 0 Å². The fraction of sp³-hybridized carbons (Fsp3) is 0.562. The molecule has 3 rings (SSSR count). The SMILES string of the molecule is O=C1CCC(Sc2ccccc2)C2(CCCCC2)O1. The topological polar surface area (TPSA) is 26.3 Å². The van der Waals surface area contributed by atoms with Crippen LogP contribution in [0, 0.1) is 0 Å². The summed E-state index contributed by atoms with van der Waals surface area (Å²) in [6.07, 6.45) is 7.29. The van der Waals surface area contributed by atoms with E-state index in [-0.39, 0.29) is 11.6 Å². The molecule has 0 amide bonds. The van der Waals surface area contributed by atoms with Gasteiger partial charge in [-0.15, -0.1) is 11.8 Å². The van der Waals surface area contributed by atoms with Gasteiger partial charge in [0.2, 0.25) is 0 Å². The van der Waals surface area contributed by atoms with Crippen molar-refractivity contribution in [3.8, 4) is 0 Å². The molecule has 1 saturated heterocycles. The zero-order chi connectivity index (χ0) is 13.1. The molecule has 1 heterocycles. The predicted molar refractivity (Wildman–Crippen MR) is 77.2 cm³/mol. The van der Waals surface area contributed by atoms with Crippen LogP contribution in [0.25, 0.3) is 0 Å². The van der Waals surface area contributed by atoms with E-state index in [1.165, 1.54) is 24.2 Å². The summed E-state index contributed by atoms with van der Waals surface area (Å²) in [7, 11) is 0. The number of thioether (sulfide) groups is 1. The minimum atomic E-state index is -0.186. The molecule has 0 radical (unpaired) electrons. The highest BCUT2D eigenvalue weighted by atomic mass is 32.2. The van der Waals surface area contributed by atoms with Gasteiger partial charge >= 0.3 is 5.97 Å². The van der Waals surface area contributed by atoms with Gasteiger partial charge in [-0.1, -0.05) is 24.6 Å². The van der Waals surface area contributed by atoms with Gasteiger partial charge in [0.1, 0.15) is 5.60 Å². The number of carbonyl (C=O) groups excluding carboxylic acids is 1. The van der Waals surface area contributed by atoms with Gasteiger partial charge in [0.05, 0.1) is 0 Å². The van der Waals surface area contributed by atoms with E-state index in [9.17, 15) is 4.79 Å². The summed E-state index contributed by atoms with van der Waals surface area (Å²) in [6, 6.07) is 10.5. The van der Waals surface area contributed by atoms with Crippen LogP contribution in [0.4, 0.5) is 0 Å². The van der Waals surface area contributed by atoms with Gasteiger partial charge in [-0.05, 0) is 44.2 Å². The molecule has 0 aromatic heterocycles. The van der Waals surface area contributed by atoms with E-state index in [4.69, 9.17) is 4.74 Å². The maximum absolute atomic E-state index is 11.7. The predicted octanol–water partition coefficient (Wildman–Crippen LogP) is 4.19. The lowest BCUT2D eigenvalue weighted by atomic mass is 9.79. The number of hydrogen-bond donors (Lipinski definition) is 0. The highest BCUT2D eigenvalue weighted by Gasteiger charge is 2.46. The molecule has 1 aromatic rings. The van der Waals surface area contributed by atoms with Crippen LogP contribution in [-0.2, 0) is 9.53 Å². The molecule has 19 heavy (non-hydrogen) atoms. The zero-order valence-corrected chi connectivity index (χ0v) is 12.0. The Morgan fingerprint density at radius 3 is 2.58 bits per heavy atom.